The Hall–Kier alpha value is -2.15. The van der Waals surface area contributed by atoms with Crippen LogP contribution in [0.25, 0.3) is 10.6 Å². The van der Waals surface area contributed by atoms with Crippen LogP contribution in [0.3, 0.4) is 0 Å². The van der Waals surface area contributed by atoms with Crippen molar-refractivity contribution in [1.29, 1.82) is 0 Å². The van der Waals surface area contributed by atoms with Crippen molar-refractivity contribution in [3.63, 3.8) is 0 Å². The quantitative estimate of drug-likeness (QED) is 0.687. The predicted molar refractivity (Wildman–Crippen MR) is 115 cm³/mol. The monoisotopic (exact) mass is 407 g/mol. The summed E-state index contributed by atoms with van der Waals surface area (Å²) in [5, 5.41) is 0.997. The summed E-state index contributed by atoms with van der Waals surface area (Å²) in [7, 11) is 0. The van der Waals surface area contributed by atoms with E-state index in [0.29, 0.717) is 11.8 Å². The number of hydrogen-bond donors (Lipinski definition) is 1. The van der Waals surface area contributed by atoms with Crippen LogP contribution in [0.2, 0.25) is 0 Å². The number of ether oxygens (including phenoxy) is 2. The Morgan fingerprint density at radius 1 is 1.21 bits per heavy atom. The summed E-state index contributed by atoms with van der Waals surface area (Å²) in [6.07, 6.45) is 4.03. The van der Waals surface area contributed by atoms with Gasteiger partial charge < -0.3 is 15.2 Å². The first-order valence-electron chi connectivity index (χ1n) is 9.47. The maximum Gasteiger partial charge on any atom is 0.405 e. The lowest BCUT2D eigenvalue weighted by molar-refractivity contribution is 0.0600. The number of aromatic nitrogens is 2. The number of thiazole rings is 1. The Bertz CT molecular complexity index is 724. The molecule has 0 aromatic carbocycles. The fraction of sp³-hybridized carbons (Fsp3) is 0.571. The van der Waals surface area contributed by atoms with Gasteiger partial charge in [-0.1, -0.05) is 20.8 Å². The molecule has 0 bridgehead atoms. The standard InChI is InChI=1S/C16H22N2OS.C5H11NO2/c1-11(2)9-12(3)10-19-15-13(4)20-16(18-15)14-5-7-17-8-6-14;1-5(2,3)8-4(6)7/h5-8,11-12H,9-10H2,1-4H3;1-3H3,(H2,6,7). The number of pyridine rings is 1. The zero-order chi connectivity index (χ0) is 21.3. The van der Waals surface area contributed by atoms with E-state index >= 15 is 0 Å². The summed E-state index contributed by atoms with van der Waals surface area (Å²) in [6.45, 7) is 14.8. The Morgan fingerprint density at radius 2 is 1.82 bits per heavy atom. The molecule has 0 saturated carbocycles. The second kappa shape index (κ2) is 11.0. The van der Waals surface area contributed by atoms with Crippen LogP contribution in [0.5, 0.6) is 5.88 Å². The van der Waals surface area contributed by atoms with E-state index in [9.17, 15) is 4.79 Å². The van der Waals surface area contributed by atoms with Crippen LogP contribution in [0, 0.1) is 18.8 Å². The summed E-state index contributed by atoms with van der Waals surface area (Å²) in [5.41, 5.74) is 5.36. The van der Waals surface area contributed by atoms with Gasteiger partial charge in [0.2, 0.25) is 5.88 Å². The minimum atomic E-state index is -0.725. The lowest BCUT2D eigenvalue weighted by atomic mass is 10.00. The van der Waals surface area contributed by atoms with Gasteiger partial charge >= 0.3 is 6.09 Å². The molecule has 0 fully saturated rings. The maximum atomic E-state index is 10.0. The molecular weight excluding hydrogens is 374 g/mol. The number of hydrogen-bond acceptors (Lipinski definition) is 6. The van der Waals surface area contributed by atoms with Crippen LogP contribution >= 0.6 is 11.3 Å². The van der Waals surface area contributed by atoms with Crippen LogP contribution in [0.4, 0.5) is 4.79 Å². The average molecular weight is 408 g/mol. The summed E-state index contributed by atoms with van der Waals surface area (Å²) in [6, 6.07) is 3.95. The van der Waals surface area contributed by atoms with Crippen LogP contribution in [-0.4, -0.2) is 28.3 Å². The molecule has 28 heavy (non-hydrogen) atoms. The van der Waals surface area contributed by atoms with E-state index in [0.717, 1.165) is 27.9 Å². The minimum absolute atomic E-state index is 0.453. The first kappa shape index (κ1) is 23.9. The van der Waals surface area contributed by atoms with Crippen molar-refractivity contribution in [2.75, 3.05) is 6.61 Å². The van der Waals surface area contributed by atoms with Crippen molar-refractivity contribution in [2.24, 2.45) is 17.6 Å². The van der Waals surface area contributed by atoms with E-state index in [1.54, 1.807) is 44.5 Å². The normalized spacial score (nSPS) is 12.1. The van der Waals surface area contributed by atoms with Gasteiger partial charge in [0.25, 0.3) is 0 Å². The van der Waals surface area contributed by atoms with Crippen molar-refractivity contribution < 1.29 is 14.3 Å². The first-order valence-corrected chi connectivity index (χ1v) is 10.3. The Morgan fingerprint density at radius 3 is 2.29 bits per heavy atom. The molecular formula is C21H33N3O3S. The number of carbonyl (C=O) groups excluding carboxylic acids is 1. The van der Waals surface area contributed by atoms with E-state index < -0.39 is 11.7 Å². The highest BCUT2D eigenvalue weighted by Gasteiger charge is 2.13. The Labute approximate surface area is 172 Å². The lowest BCUT2D eigenvalue weighted by Crippen LogP contribution is -2.27. The molecule has 2 aromatic heterocycles. The van der Waals surface area contributed by atoms with E-state index in [-0.39, 0.29) is 0 Å². The van der Waals surface area contributed by atoms with Gasteiger partial charge in [-0.25, -0.2) is 9.78 Å². The number of nitrogens with two attached hydrogens (primary N) is 1. The van der Waals surface area contributed by atoms with Gasteiger partial charge in [0, 0.05) is 18.0 Å². The predicted octanol–water partition coefficient (Wildman–Crippen LogP) is 5.45. The number of aryl methyl sites for hydroxylation is 1. The van der Waals surface area contributed by atoms with Crippen LogP contribution in [0.15, 0.2) is 24.5 Å². The highest BCUT2D eigenvalue weighted by molar-refractivity contribution is 7.15. The van der Waals surface area contributed by atoms with E-state index in [4.69, 9.17) is 10.5 Å². The number of nitrogens with zero attached hydrogens (tertiary/aromatic N) is 2. The fourth-order valence-electron chi connectivity index (χ4n) is 2.53. The van der Waals surface area contributed by atoms with Crippen molar-refractivity contribution in [2.45, 2.75) is 60.5 Å². The molecule has 0 radical (unpaired) electrons. The fourth-order valence-corrected chi connectivity index (χ4v) is 3.39. The molecule has 2 heterocycles. The number of amides is 1. The van der Waals surface area contributed by atoms with Crippen LogP contribution in [-0.2, 0) is 4.74 Å². The Balaban J connectivity index is 0.000000416. The largest absolute Gasteiger partial charge is 0.477 e. The van der Waals surface area contributed by atoms with Gasteiger partial charge in [0.05, 0.1) is 11.5 Å². The first-order chi connectivity index (χ1) is 13.0. The van der Waals surface area contributed by atoms with Gasteiger partial charge in [-0.3, -0.25) is 4.98 Å². The summed E-state index contributed by atoms with van der Waals surface area (Å²) in [4.78, 5) is 19.8. The number of primary amides is 1. The van der Waals surface area contributed by atoms with Crippen molar-refractivity contribution in [3.05, 3.63) is 29.4 Å². The van der Waals surface area contributed by atoms with Crippen molar-refractivity contribution in [1.82, 2.24) is 9.97 Å². The molecule has 0 spiro atoms. The molecule has 6 nitrogen and oxygen atoms in total. The molecule has 1 unspecified atom stereocenters. The second-order valence-electron chi connectivity index (χ2n) is 8.20. The molecule has 0 aliphatic heterocycles. The van der Waals surface area contributed by atoms with E-state index in [2.05, 4.69) is 42.4 Å². The molecule has 2 N–H and O–H groups in total. The molecule has 1 amide bonds. The molecule has 156 valence electrons. The van der Waals surface area contributed by atoms with E-state index in [1.807, 2.05) is 12.1 Å². The van der Waals surface area contributed by atoms with Gasteiger partial charge in [-0.05, 0) is 58.1 Å². The third kappa shape index (κ3) is 9.69. The molecule has 7 heteroatoms. The molecule has 1 atom stereocenters. The maximum absolute atomic E-state index is 10.0. The molecule has 0 aliphatic carbocycles. The third-order valence-electron chi connectivity index (χ3n) is 3.47. The van der Waals surface area contributed by atoms with Crippen LogP contribution < -0.4 is 10.5 Å². The average Bonchev–Trinajstić information content (AvgIpc) is 2.92. The van der Waals surface area contributed by atoms with Gasteiger partial charge in [-0.15, -0.1) is 11.3 Å². The molecule has 2 rings (SSSR count). The molecule has 0 aliphatic rings. The summed E-state index contributed by atoms with van der Waals surface area (Å²) >= 11 is 1.67. The zero-order valence-electron chi connectivity index (χ0n) is 18.0. The highest BCUT2D eigenvalue weighted by atomic mass is 32.1. The van der Waals surface area contributed by atoms with Crippen molar-refractivity contribution >= 4 is 17.4 Å². The van der Waals surface area contributed by atoms with Gasteiger partial charge in [0.15, 0.2) is 0 Å². The molecule has 0 saturated heterocycles. The van der Waals surface area contributed by atoms with Gasteiger partial charge in [-0.2, -0.15) is 0 Å². The SMILES string of the molecule is CC(C)(C)OC(N)=O.Cc1sc(-c2ccncc2)nc1OCC(C)CC(C)C. The topological polar surface area (TPSA) is 87.3 Å². The summed E-state index contributed by atoms with van der Waals surface area (Å²) in [5.74, 6) is 2.04. The highest BCUT2D eigenvalue weighted by Crippen LogP contribution is 2.31. The van der Waals surface area contributed by atoms with Crippen molar-refractivity contribution in [3.8, 4) is 16.5 Å². The van der Waals surface area contributed by atoms with Gasteiger partial charge in [0.1, 0.15) is 10.6 Å². The van der Waals surface area contributed by atoms with Crippen LogP contribution in [0.1, 0.15) is 52.8 Å². The summed E-state index contributed by atoms with van der Waals surface area (Å²) < 4.78 is 10.5. The van der Waals surface area contributed by atoms with E-state index in [1.165, 1.54) is 6.42 Å². The number of rotatable bonds is 6. The second-order valence-corrected chi connectivity index (χ2v) is 9.40. The molecule has 2 aromatic rings. The lowest BCUT2D eigenvalue weighted by Gasteiger charge is -2.16. The minimum Gasteiger partial charge on any atom is -0.477 e. The smallest absolute Gasteiger partial charge is 0.405 e. The zero-order valence-corrected chi connectivity index (χ0v) is 18.8. The Kier molecular flexibility index (Phi) is 9.38. The third-order valence-corrected chi connectivity index (χ3v) is 4.47. The number of carbonyl (C=O) groups is 1.